The van der Waals surface area contributed by atoms with Crippen LogP contribution in [0.4, 0.5) is 0 Å². The summed E-state index contributed by atoms with van der Waals surface area (Å²) >= 11 is 16.7. The first-order chi connectivity index (χ1) is 18.5. The summed E-state index contributed by atoms with van der Waals surface area (Å²) in [6, 6.07) is 3.20. The Morgan fingerprint density at radius 3 is 2.38 bits per heavy atom. The molecule has 1 N–H and O–H groups in total. The van der Waals surface area contributed by atoms with Gasteiger partial charge in [-0.05, 0) is 84.8 Å². The zero-order valence-electron chi connectivity index (χ0n) is 22.2. The summed E-state index contributed by atoms with van der Waals surface area (Å²) in [7, 11) is 1.41. The van der Waals surface area contributed by atoms with Gasteiger partial charge in [0, 0.05) is 5.56 Å². The average molecular weight is 642 g/mol. The van der Waals surface area contributed by atoms with Gasteiger partial charge in [-0.15, -0.1) is 0 Å². The number of carbonyl (C=O) groups excluding carboxylic acids is 2. The summed E-state index contributed by atoms with van der Waals surface area (Å²) in [5.74, 6) is -0.00931. The SMILES string of the molecule is COc1c(C(O)CC(C)C)ccc2c1C(=O)OCc1c(Cl)c(Br)c(Cl)c(OC(=O)C3(C)C4CCC3CC4)c1O2. The first-order valence-electron chi connectivity index (χ1n) is 13.1. The van der Waals surface area contributed by atoms with Crippen molar-refractivity contribution in [3.8, 4) is 23.0 Å². The Bertz CT molecular complexity index is 1320. The minimum absolute atomic E-state index is 0.00671. The van der Waals surface area contributed by atoms with E-state index in [0.717, 1.165) is 25.7 Å². The van der Waals surface area contributed by atoms with Gasteiger partial charge < -0.3 is 24.1 Å². The largest absolute Gasteiger partial charge is 0.495 e. The number of halogens is 3. The fourth-order valence-electron chi connectivity index (χ4n) is 6.39. The van der Waals surface area contributed by atoms with Gasteiger partial charge >= 0.3 is 11.9 Å². The van der Waals surface area contributed by atoms with Crippen LogP contribution in [-0.2, 0) is 16.1 Å². The van der Waals surface area contributed by atoms with Crippen LogP contribution < -0.4 is 14.2 Å². The van der Waals surface area contributed by atoms with E-state index >= 15 is 0 Å². The number of fused-ring (bicyclic) bond motifs is 4. The normalized spacial score (nSPS) is 24.3. The molecule has 1 unspecified atom stereocenters. The molecule has 2 aromatic rings. The molecule has 0 spiro atoms. The molecule has 2 saturated carbocycles. The molecule has 7 nitrogen and oxygen atoms in total. The highest BCUT2D eigenvalue weighted by atomic mass is 79.9. The van der Waals surface area contributed by atoms with Crippen molar-refractivity contribution in [2.45, 2.75) is 65.6 Å². The third kappa shape index (κ3) is 4.71. The van der Waals surface area contributed by atoms with Crippen LogP contribution in [0.5, 0.6) is 23.0 Å². The van der Waals surface area contributed by atoms with E-state index in [9.17, 15) is 14.7 Å². The number of rotatable bonds is 6. The van der Waals surface area contributed by atoms with Crippen molar-refractivity contribution < 1.29 is 33.6 Å². The molecule has 2 bridgehead atoms. The van der Waals surface area contributed by atoms with E-state index in [1.807, 2.05) is 20.8 Å². The molecular weight excluding hydrogens is 611 g/mol. The first kappa shape index (κ1) is 28.5. The van der Waals surface area contributed by atoms with Crippen molar-refractivity contribution in [3.63, 3.8) is 0 Å². The van der Waals surface area contributed by atoms with Gasteiger partial charge in [-0.1, -0.05) is 37.0 Å². The van der Waals surface area contributed by atoms with Crippen molar-refractivity contribution in [3.05, 3.63) is 43.3 Å². The predicted molar refractivity (Wildman–Crippen MR) is 150 cm³/mol. The third-order valence-corrected chi connectivity index (χ3v) is 10.6. The lowest BCUT2D eigenvalue weighted by Crippen LogP contribution is -2.36. The first-order valence-corrected chi connectivity index (χ1v) is 14.7. The zero-order chi connectivity index (χ0) is 28.2. The van der Waals surface area contributed by atoms with Crippen LogP contribution >= 0.6 is 39.1 Å². The van der Waals surface area contributed by atoms with Crippen molar-refractivity contribution in [2.24, 2.45) is 23.2 Å². The number of cyclic esters (lactones) is 1. The molecule has 0 radical (unpaired) electrons. The van der Waals surface area contributed by atoms with Crippen molar-refractivity contribution in [2.75, 3.05) is 7.11 Å². The number of benzene rings is 2. The molecule has 10 heteroatoms. The van der Waals surface area contributed by atoms with Gasteiger partial charge in [0.1, 0.15) is 28.7 Å². The Morgan fingerprint density at radius 1 is 1.15 bits per heavy atom. The minimum Gasteiger partial charge on any atom is -0.495 e. The van der Waals surface area contributed by atoms with Crippen molar-refractivity contribution in [1.82, 2.24) is 0 Å². The van der Waals surface area contributed by atoms with E-state index < -0.39 is 17.5 Å². The number of hydrogen-bond donors (Lipinski definition) is 1. The number of carbonyl (C=O) groups is 2. The maximum atomic E-state index is 13.7. The highest BCUT2D eigenvalue weighted by Gasteiger charge is 2.57. The van der Waals surface area contributed by atoms with Crippen LogP contribution in [0.2, 0.25) is 10.0 Å². The van der Waals surface area contributed by atoms with E-state index in [2.05, 4.69) is 15.9 Å². The lowest BCUT2D eigenvalue weighted by atomic mass is 9.80. The number of hydrogen-bond acceptors (Lipinski definition) is 7. The molecule has 2 aromatic carbocycles. The molecule has 0 amide bonds. The molecule has 3 aliphatic rings. The Hall–Kier alpha value is -2.00. The third-order valence-electron chi connectivity index (χ3n) is 8.56. The highest BCUT2D eigenvalue weighted by molar-refractivity contribution is 9.10. The second-order valence-corrected chi connectivity index (χ2v) is 12.7. The lowest BCUT2D eigenvalue weighted by Gasteiger charge is -2.29. The molecular formula is C29H31BrCl2O7. The van der Waals surface area contributed by atoms with Gasteiger partial charge in [0.15, 0.2) is 11.5 Å². The maximum absolute atomic E-state index is 13.7. The van der Waals surface area contributed by atoms with Gasteiger partial charge in [0.2, 0.25) is 0 Å². The molecule has 39 heavy (non-hydrogen) atoms. The average Bonchev–Trinajstić information content (AvgIpc) is 3.40. The molecule has 0 saturated heterocycles. The van der Waals surface area contributed by atoms with Crippen molar-refractivity contribution in [1.29, 1.82) is 0 Å². The fourth-order valence-corrected chi connectivity index (χ4v) is 7.31. The molecule has 2 fully saturated rings. The van der Waals surface area contributed by atoms with E-state index in [0.29, 0.717) is 22.0 Å². The van der Waals surface area contributed by atoms with Crippen LogP contribution in [0.3, 0.4) is 0 Å². The van der Waals surface area contributed by atoms with E-state index in [1.54, 1.807) is 12.1 Å². The number of methoxy groups -OCH3 is 1. The monoisotopic (exact) mass is 640 g/mol. The Labute approximate surface area is 246 Å². The number of aliphatic hydroxyl groups excluding tert-OH is 1. The van der Waals surface area contributed by atoms with Gasteiger partial charge in [-0.2, -0.15) is 0 Å². The van der Waals surface area contributed by atoms with Gasteiger partial charge in [0.05, 0.1) is 33.7 Å². The summed E-state index contributed by atoms with van der Waals surface area (Å²) in [4.78, 5) is 26.9. The Kier molecular flexibility index (Phi) is 7.88. The standard InChI is InChI=1S/C29H31BrCl2O7/c1-13(2)11-18(33)16-9-10-19-20(24(16)36-4)27(34)37-12-17-22(31)21(30)23(32)26(25(17)38-19)39-28(35)29(3)14-5-6-15(29)8-7-14/h9-10,13-15,18,33H,5-8,11-12H2,1-4H3. The molecule has 0 aromatic heterocycles. The zero-order valence-corrected chi connectivity index (χ0v) is 25.3. The van der Waals surface area contributed by atoms with E-state index in [-0.39, 0.29) is 68.9 Å². The van der Waals surface area contributed by atoms with E-state index in [4.69, 9.17) is 42.1 Å². The summed E-state index contributed by atoms with van der Waals surface area (Å²) < 4.78 is 23.9. The smallest absolute Gasteiger partial charge is 0.346 e. The number of esters is 2. The summed E-state index contributed by atoms with van der Waals surface area (Å²) in [6.45, 7) is 5.68. The molecule has 210 valence electrons. The fraction of sp³-hybridized carbons (Fsp3) is 0.517. The van der Waals surface area contributed by atoms with Crippen LogP contribution in [0.25, 0.3) is 0 Å². The number of aliphatic hydroxyl groups is 1. The molecule has 5 rings (SSSR count). The number of ether oxygens (including phenoxy) is 4. The van der Waals surface area contributed by atoms with Crippen molar-refractivity contribution >= 4 is 51.1 Å². The maximum Gasteiger partial charge on any atom is 0.346 e. The predicted octanol–water partition coefficient (Wildman–Crippen LogP) is 8.04. The van der Waals surface area contributed by atoms with Gasteiger partial charge in [-0.25, -0.2) is 4.79 Å². The second kappa shape index (κ2) is 10.8. The highest BCUT2D eigenvalue weighted by Crippen LogP contribution is 2.59. The van der Waals surface area contributed by atoms with E-state index in [1.165, 1.54) is 7.11 Å². The van der Waals surface area contributed by atoms with Crippen LogP contribution in [-0.4, -0.2) is 24.2 Å². The summed E-state index contributed by atoms with van der Waals surface area (Å²) in [6.07, 6.45) is 3.59. The Morgan fingerprint density at radius 2 is 1.79 bits per heavy atom. The molecule has 1 heterocycles. The summed E-state index contributed by atoms with van der Waals surface area (Å²) in [5.41, 5.74) is 0.141. The van der Waals surface area contributed by atoms with Gasteiger partial charge in [0.25, 0.3) is 0 Å². The molecule has 1 aliphatic heterocycles. The van der Waals surface area contributed by atoms with Crippen LogP contribution in [0, 0.1) is 23.2 Å². The topological polar surface area (TPSA) is 91.3 Å². The van der Waals surface area contributed by atoms with Gasteiger partial charge in [-0.3, -0.25) is 4.79 Å². The van der Waals surface area contributed by atoms with Crippen LogP contribution in [0.1, 0.15) is 80.5 Å². The summed E-state index contributed by atoms with van der Waals surface area (Å²) in [5, 5.41) is 11.1. The lowest BCUT2D eigenvalue weighted by molar-refractivity contribution is -0.147. The molecule has 2 aliphatic carbocycles. The van der Waals surface area contributed by atoms with Crippen LogP contribution in [0.15, 0.2) is 16.6 Å². The molecule has 1 atom stereocenters. The quantitative estimate of drug-likeness (QED) is 0.194. The Balaban J connectivity index is 1.61. The second-order valence-electron chi connectivity index (χ2n) is 11.2. The minimum atomic E-state index is -0.866.